The summed E-state index contributed by atoms with van der Waals surface area (Å²) in [5.41, 5.74) is 1.37. The number of carbonyl (C=O) groups excluding carboxylic acids is 1. The molecule has 0 heterocycles. The highest BCUT2D eigenvalue weighted by Gasteiger charge is 2.04. The highest BCUT2D eigenvalue weighted by atomic mass is 16.5. The molecule has 3 rings (SSSR count). The lowest BCUT2D eigenvalue weighted by molar-refractivity contribution is 0.104. The molecule has 0 spiro atoms. The predicted octanol–water partition coefficient (Wildman–Crippen LogP) is 4.45. The number of carbonyl (C=O) groups is 1. The second-order valence-corrected chi connectivity index (χ2v) is 5.19. The van der Waals surface area contributed by atoms with Gasteiger partial charge in [-0.1, -0.05) is 48.5 Å². The predicted molar refractivity (Wildman–Crippen MR) is 92.0 cm³/mol. The lowest BCUT2D eigenvalue weighted by Gasteiger charge is -2.03. The molecule has 0 amide bonds. The van der Waals surface area contributed by atoms with Crippen molar-refractivity contribution in [3.05, 3.63) is 77.9 Å². The summed E-state index contributed by atoms with van der Waals surface area (Å²) < 4.78 is 4.99. The summed E-state index contributed by atoms with van der Waals surface area (Å²) >= 11 is 0. The molecule has 0 aliphatic carbocycles. The van der Waals surface area contributed by atoms with Crippen molar-refractivity contribution in [1.29, 1.82) is 0 Å². The van der Waals surface area contributed by atoms with Crippen molar-refractivity contribution in [3.63, 3.8) is 0 Å². The van der Waals surface area contributed by atoms with Gasteiger partial charge in [-0.3, -0.25) is 4.79 Å². The fraction of sp³-hybridized carbons (Fsp3) is 0.0500. The quantitative estimate of drug-likeness (QED) is 0.572. The molecule has 1 N–H and O–H groups in total. The van der Waals surface area contributed by atoms with E-state index in [1.165, 1.54) is 13.2 Å². The maximum atomic E-state index is 12.3. The van der Waals surface area contributed by atoms with Crippen molar-refractivity contribution in [3.8, 4) is 11.5 Å². The molecule has 0 radical (unpaired) electrons. The van der Waals surface area contributed by atoms with E-state index >= 15 is 0 Å². The molecule has 3 aromatic carbocycles. The van der Waals surface area contributed by atoms with Gasteiger partial charge in [-0.25, -0.2) is 0 Å². The lowest BCUT2D eigenvalue weighted by Crippen LogP contribution is -1.93. The fourth-order valence-electron chi connectivity index (χ4n) is 2.42. The number of allylic oxidation sites excluding steroid dienone is 1. The van der Waals surface area contributed by atoms with Crippen molar-refractivity contribution in [2.45, 2.75) is 0 Å². The van der Waals surface area contributed by atoms with Crippen LogP contribution in [0, 0.1) is 0 Å². The van der Waals surface area contributed by atoms with Crippen LogP contribution in [0.15, 0.2) is 66.7 Å². The van der Waals surface area contributed by atoms with Gasteiger partial charge in [0.15, 0.2) is 17.3 Å². The zero-order chi connectivity index (χ0) is 16.2. The average molecular weight is 304 g/mol. The van der Waals surface area contributed by atoms with E-state index in [0.29, 0.717) is 11.3 Å². The maximum absolute atomic E-state index is 12.3. The Labute approximate surface area is 134 Å². The zero-order valence-corrected chi connectivity index (χ0v) is 12.7. The molecule has 0 bridgehead atoms. The first kappa shape index (κ1) is 14.9. The molecule has 3 heteroatoms. The van der Waals surface area contributed by atoms with Gasteiger partial charge in [0.2, 0.25) is 0 Å². The van der Waals surface area contributed by atoms with Crippen LogP contribution in [-0.4, -0.2) is 18.0 Å². The Morgan fingerprint density at radius 3 is 2.52 bits per heavy atom. The molecule has 0 saturated heterocycles. The summed E-state index contributed by atoms with van der Waals surface area (Å²) in [6, 6.07) is 18.6. The van der Waals surface area contributed by atoms with Crippen LogP contribution >= 0.6 is 0 Å². The van der Waals surface area contributed by atoms with Crippen molar-refractivity contribution >= 4 is 22.6 Å². The number of methoxy groups -OCH3 is 1. The third-order valence-corrected chi connectivity index (χ3v) is 3.66. The lowest BCUT2D eigenvalue weighted by atomic mass is 10.0. The number of ketones is 1. The van der Waals surface area contributed by atoms with Gasteiger partial charge >= 0.3 is 0 Å². The second kappa shape index (κ2) is 6.36. The number of ether oxygens (including phenoxy) is 1. The topological polar surface area (TPSA) is 46.5 Å². The first-order chi connectivity index (χ1) is 11.2. The third kappa shape index (κ3) is 3.24. The van der Waals surface area contributed by atoms with Crippen LogP contribution < -0.4 is 4.74 Å². The monoisotopic (exact) mass is 304 g/mol. The molecule has 0 saturated carbocycles. The number of hydrogen-bond acceptors (Lipinski definition) is 3. The summed E-state index contributed by atoms with van der Waals surface area (Å²) in [4.78, 5) is 12.3. The Bertz CT molecular complexity index is 894. The van der Waals surface area contributed by atoms with Crippen molar-refractivity contribution < 1.29 is 14.6 Å². The molecule has 3 nitrogen and oxygen atoms in total. The van der Waals surface area contributed by atoms with Crippen LogP contribution in [-0.2, 0) is 0 Å². The molecule has 0 unspecified atom stereocenters. The first-order valence-electron chi connectivity index (χ1n) is 7.25. The summed E-state index contributed by atoms with van der Waals surface area (Å²) in [6.07, 6.45) is 3.18. The molecule has 0 fully saturated rings. The number of fused-ring (bicyclic) bond motifs is 1. The van der Waals surface area contributed by atoms with Crippen molar-refractivity contribution in [2.75, 3.05) is 7.11 Å². The van der Waals surface area contributed by atoms with E-state index in [1.54, 1.807) is 24.3 Å². The summed E-state index contributed by atoms with van der Waals surface area (Å²) in [7, 11) is 1.49. The smallest absolute Gasteiger partial charge is 0.185 e. The number of benzene rings is 3. The first-order valence-corrected chi connectivity index (χ1v) is 7.25. The largest absolute Gasteiger partial charge is 0.504 e. The van der Waals surface area contributed by atoms with E-state index in [-0.39, 0.29) is 11.5 Å². The van der Waals surface area contributed by atoms with E-state index < -0.39 is 0 Å². The van der Waals surface area contributed by atoms with E-state index in [1.807, 2.05) is 42.5 Å². The van der Waals surface area contributed by atoms with E-state index in [2.05, 4.69) is 0 Å². The normalized spacial score (nSPS) is 11.0. The van der Waals surface area contributed by atoms with Gasteiger partial charge in [0.25, 0.3) is 0 Å². The van der Waals surface area contributed by atoms with Gasteiger partial charge in [-0.2, -0.15) is 0 Å². The van der Waals surface area contributed by atoms with Gasteiger partial charge in [-0.05, 0) is 40.6 Å². The molecule has 3 aromatic rings. The van der Waals surface area contributed by atoms with Gasteiger partial charge in [0.1, 0.15) is 0 Å². The highest BCUT2D eigenvalue weighted by Crippen LogP contribution is 2.26. The fourth-order valence-corrected chi connectivity index (χ4v) is 2.42. The van der Waals surface area contributed by atoms with Crippen LogP contribution in [0.25, 0.3) is 16.8 Å². The molecule has 0 aliphatic heterocycles. The van der Waals surface area contributed by atoms with E-state index in [0.717, 1.165) is 16.3 Å². The van der Waals surface area contributed by atoms with Crippen LogP contribution in [0.1, 0.15) is 15.9 Å². The summed E-state index contributed by atoms with van der Waals surface area (Å²) in [6.45, 7) is 0. The Hall–Kier alpha value is -3.07. The van der Waals surface area contributed by atoms with Crippen molar-refractivity contribution in [1.82, 2.24) is 0 Å². The Kier molecular flexibility index (Phi) is 4.11. The van der Waals surface area contributed by atoms with Crippen LogP contribution in [0.5, 0.6) is 11.5 Å². The zero-order valence-electron chi connectivity index (χ0n) is 12.7. The highest BCUT2D eigenvalue weighted by molar-refractivity contribution is 6.08. The number of hydrogen-bond donors (Lipinski definition) is 1. The SMILES string of the molecule is COc1ccc(/C=C\C(=O)c2ccc3ccccc3c2)cc1O. The number of aromatic hydroxyl groups is 1. The molecular weight excluding hydrogens is 288 g/mol. The number of phenolic OH excluding ortho intramolecular Hbond substituents is 1. The average Bonchev–Trinajstić information content (AvgIpc) is 2.59. The second-order valence-electron chi connectivity index (χ2n) is 5.19. The Morgan fingerprint density at radius 2 is 1.78 bits per heavy atom. The Balaban J connectivity index is 1.83. The Morgan fingerprint density at radius 1 is 1.00 bits per heavy atom. The number of rotatable bonds is 4. The minimum absolute atomic E-state index is 0.0489. The van der Waals surface area contributed by atoms with Gasteiger partial charge in [0, 0.05) is 5.56 Å². The van der Waals surface area contributed by atoms with Crippen LogP contribution in [0.4, 0.5) is 0 Å². The van der Waals surface area contributed by atoms with Crippen molar-refractivity contribution in [2.24, 2.45) is 0 Å². The maximum Gasteiger partial charge on any atom is 0.185 e. The van der Waals surface area contributed by atoms with Gasteiger partial charge < -0.3 is 9.84 Å². The molecule has 0 aromatic heterocycles. The minimum atomic E-state index is -0.0777. The van der Waals surface area contributed by atoms with Gasteiger partial charge in [-0.15, -0.1) is 0 Å². The minimum Gasteiger partial charge on any atom is -0.504 e. The number of phenols is 1. The third-order valence-electron chi connectivity index (χ3n) is 3.66. The molecule has 0 atom stereocenters. The molecule has 23 heavy (non-hydrogen) atoms. The van der Waals surface area contributed by atoms with Gasteiger partial charge in [0.05, 0.1) is 7.11 Å². The van der Waals surface area contributed by atoms with Crippen LogP contribution in [0.3, 0.4) is 0 Å². The summed E-state index contributed by atoms with van der Waals surface area (Å²) in [5.74, 6) is 0.377. The molecular formula is C20H16O3. The summed E-state index contributed by atoms with van der Waals surface area (Å²) in [5, 5.41) is 11.9. The molecule has 0 aliphatic rings. The van der Waals surface area contributed by atoms with E-state index in [4.69, 9.17) is 4.74 Å². The standard InChI is InChI=1S/C20H16O3/c1-23-20-11-7-14(12-19(20)22)6-10-18(21)17-9-8-15-4-2-3-5-16(15)13-17/h2-13,22H,1H3/b10-6-. The van der Waals surface area contributed by atoms with Crippen LogP contribution in [0.2, 0.25) is 0 Å². The molecule has 114 valence electrons. The van der Waals surface area contributed by atoms with E-state index in [9.17, 15) is 9.90 Å².